The summed E-state index contributed by atoms with van der Waals surface area (Å²) in [7, 11) is 1.50. The molecule has 1 aliphatic heterocycles. The van der Waals surface area contributed by atoms with E-state index in [1.807, 2.05) is 13.0 Å². The molecule has 1 aromatic heterocycles. The maximum Gasteiger partial charge on any atom is 0.246 e. The minimum Gasteiger partial charge on any atom is -0.468 e. The van der Waals surface area contributed by atoms with Crippen molar-refractivity contribution in [2.24, 2.45) is 0 Å². The Kier molecular flexibility index (Phi) is 2.78. The Morgan fingerprint density at radius 2 is 2.31 bits per heavy atom. The van der Waals surface area contributed by atoms with Crippen LogP contribution in [0.2, 0.25) is 0 Å². The highest BCUT2D eigenvalue weighted by atomic mass is 16.3. The predicted octanol–water partition coefficient (Wildman–Crippen LogP) is 0.687. The number of imide groups is 1. The summed E-state index contributed by atoms with van der Waals surface area (Å²) in [5.74, 6) is 0.437. The Morgan fingerprint density at radius 1 is 1.56 bits per heavy atom. The van der Waals surface area contributed by atoms with Crippen molar-refractivity contribution in [3.63, 3.8) is 0 Å². The smallest absolute Gasteiger partial charge is 0.246 e. The van der Waals surface area contributed by atoms with Gasteiger partial charge in [0.05, 0.1) is 24.8 Å². The van der Waals surface area contributed by atoms with Gasteiger partial charge in [-0.1, -0.05) is 0 Å². The highest BCUT2D eigenvalue weighted by Gasteiger charge is 2.36. The van der Waals surface area contributed by atoms with Crippen LogP contribution in [0.1, 0.15) is 25.1 Å². The number of carbonyl (C=O) groups is 2. The second kappa shape index (κ2) is 4.09. The van der Waals surface area contributed by atoms with Crippen molar-refractivity contribution in [2.45, 2.75) is 25.4 Å². The van der Waals surface area contributed by atoms with Crippen LogP contribution >= 0.6 is 0 Å². The van der Waals surface area contributed by atoms with Crippen LogP contribution in [-0.4, -0.2) is 29.8 Å². The molecule has 1 N–H and O–H groups in total. The third kappa shape index (κ3) is 1.86. The summed E-state index contributed by atoms with van der Waals surface area (Å²) < 4.78 is 5.22. The fraction of sp³-hybridized carbons (Fsp3) is 0.455. The van der Waals surface area contributed by atoms with Gasteiger partial charge in [0.15, 0.2) is 0 Å². The summed E-state index contributed by atoms with van der Waals surface area (Å²) in [6.07, 6.45) is 1.81. The average molecular weight is 222 g/mol. The van der Waals surface area contributed by atoms with E-state index in [1.54, 1.807) is 12.3 Å². The molecule has 0 aliphatic carbocycles. The molecule has 0 spiro atoms. The van der Waals surface area contributed by atoms with E-state index in [0.717, 1.165) is 10.7 Å². The summed E-state index contributed by atoms with van der Waals surface area (Å²) in [4.78, 5) is 24.1. The fourth-order valence-electron chi connectivity index (χ4n) is 1.81. The van der Waals surface area contributed by atoms with E-state index in [9.17, 15) is 9.59 Å². The van der Waals surface area contributed by atoms with Gasteiger partial charge in [0.2, 0.25) is 11.8 Å². The van der Waals surface area contributed by atoms with Crippen LogP contribution in [-0.2, 0) is 9.59 Å². The zero-order valence-electron chi connectivity index (χ0n) is 9.27. The van der Waals surface area contributed by atoms with Gasteiger partial charge in [-0.2, -0.15) is 0 Å². The maximum atomic E-state index is 11.6. The van der Waals surface area contributed by atoms with Crippen LogP contribution in [0.5, 0.6) is 0 Å². The van der Waals surface area contributed by atoms with Gasteiger partial charge in [-0.15, -0.1) is 0 Å². The predicted molar refractivity (Wildman–Crippen MR) is 56.4 cm³/mol. The van der Waals surface area contributed by atoms with E-state index in [4.69, 9.17) is 4.42 Å². The molecule has 1 saturated heterocycles. The van der Waals surface area contributed by atoms with Crippen molar-refractivity contribution in [2.75, 3.05) is 7.05 Å². The molecule has 0 aromatic carbocycles. The van der Waals surface area contributed by atoms with Gasteiger partial charge in [-0.05, 0) is 19.1 Å². The molecule has 2 rings (SSSR count). The Labute approximate surface area is 93.4 Å². The van der Waals surface area contributed by atoms with Gasteiger partial charge < -0.3 is 4.42 Å². The van der Waals surface area contributed by atoms with E-state index < -0.39 is 6.04 Å². The van der Waals surface area contributed by atoms with Gasteiger partial charge >= 0.3 is 0 Å². The maximum absolute atomic E-state index is 11.6. The van der Waals surface area contributed by atoms with Crippen LogP contribution in [0.3, 0.4) is 0 Å². The molecular formula is C11H14N2O3. The third-order valence-electron chi connectivity index (χ3n) is 2.80. The largest absolute Gasteiger partial charge is 0.468 e. The zero-order valence-corrected chi connectivity index (χ0v) is 9.27. The number of rotatable bonds is 3. The van der Waals surface area contributed by atoms with Crippen molar-refractivity contribution < 1.29 is 14.0 Å². The molecule has 5 nitrogen and oxygen atoms in total. The second-order valence-corrected chi connectivity index (χ2v) is 3.95. The van der Waals surface area contributed by atoms with Gasteiger partial charge in [-0.25, -0.2) is 0 Å². The Balaban J connectivity index is 2.01. The van der Waals surface area contributed by atoms with Gasteiger partial charge in [0.25, 0.3) is 0 Å². The summed E-state index contributed by atoms with van der Waals surface area (Å²) >= 11 is 0. The number of amides is 2. The van der Waals surface area contributed by atoms with Crippen molar-refractivity contribution in [1.29, 1.82) is 0 Å². The first-order chi connectivity index (χ1) is 7.59. The van der Waals surface area contributed by atoms with Crippen LogP contribution in [0.25, 0.3) is 0 Å². The van der Waals surface area contributed by atoms with Gasteiger partial charge in [0.1, 0.15) is 5.76 Å². The van der Waals surface area contributed by atoms with E-state index in [0.29, 0.717) is 0 Å². The quantitative estimate of drug-likeness (QED) is 0.764. The first kappa shape index (κ1) is 10.9. The molecule has 16 heavy (non-hydrogen) atoms. The zero-order chi connectivity index (χ0) is 11.7. The van der Waals surface area contributed by atoms with Crippen LogP contribution in [0.4, 0.5) is 0 Å². The highest BCUT2D eigenvalue weighted by Crippen LogP contribution is 2.17. The van der Waals surface area contributed by atoms with E-state index >= 15 is 0 Å². The average Bonchev–Trinajstić information content (AvgIpc) is 2.85. The van der Waals surface area contributed by atoms with Crippen molar-refractivity contribution >= 4 is 11.8 Å². The first-order valence-corrected chi connectivity index (χ1v) is 5.19. The Morgan fingerprint density at radius 3 is 2.81 bits per heavy atom. The molecule has 1 aliphatic rings. The fourth-order valence-corrected chi connectivity index (χ4v) is 1.81. The minimum absolute atomic E-state index is 0.0803. The minimum atomic E-state index is -0.433. The van der Waals surface area contributed by atoms with E-state index in [-0.39, 0.29) is 24.3 Å². The lowest BCUT2D eigenvalue weighted by atomic mass is 10.2. The van der Waals surface area contributed by atoms with Crippen molar-refractivity contribution in [3.05, 3.63) is 24.2 Å². The summed E-state index contributed by atoms with van der Waals surface area (Å²) in [5.41, 5.74) is 0. The van der Waals surface area contributed by atoms with Crippen molar-refractivity contribution in [1.82, 2.24) is 10.2 Å². The number of likely N-dealkylation sites (tertiary alicyclic amines) is 1. The molecule has 0 saturated carbocycles. The molecular weight excluding hydrogens is 208 g/mol. The molecule has 1 unspecified atom stereocenters. The lowest BCUT2D eigenvalue weighted by Gasteiger charge is -2.15. The van der Waals surface area contributed by atoms with E-state index in [2.05, 4.69) is 5.32 Å². The first-order valence-electron chi connectivity index (χ1n) is 5.19. The molecule has 1 fully saturated rings. The van der Waals surface area contributed by atoms with Crippen LogP contribution in [0.15, 0.2) is 22.8 Å². The highest BCUT2D eigenvalue weighted by molar-refractivity contribution is 6.05. The van der Waals surface area contributed by atoms with Gasteiger partial charge in [-0.3, -0.25) is 19.8 Å². The van der Waals surface area contributed by atoms with Gasteiger partial charge in [0, 0.05) is 7.05 Å². The molecule has 2 heterocycles. The number of carbonyl (C=O) groups excluding carboxylic acids is 2. The summed E-state index contributed by atoms with van der Waals surface area (Å²) in [6.45, 7) is 1.90. The monoisotopic (exact) mass is 222 g/mol. The molecule has 2 amide bonds. The molecule has 1 aromatic rings. The molecule has 0 bridgehead atoms. The standard InChI is InChI=1S/C11H14N2O3/c1-7(9-4-3-5-16-9)12-8-6-10(14)13(2)11(8)15/h3-5,7-8,12H,6H2,1-2H3/t7-,8?/m0/s1. The molecule has 2 atom stereocenters. The molecule has 5 heteroatoms. The SMILES string of the molecule is C[C@H](NC1CC(=O)N(C)C1=O)c1ccco1. The summed E-state index contributed by atoms with van der Waals surface area (Å²) in [5, 5.41) is 3.09. The Bertz CT molecular complexity index is 399. The summed E-state index contributed by atoms with van der Waals surface area (Å²) in [6, 6.07) is 3.12. The second-order valence-electron chi connectivity index (χ2n) is 3.95. The van der Waals surface area contributed by atoms with Crippen LogP contribution in [0, 0.1) is 0 Å². The third-order valence-corrected chi connectivity index (χ3v) is 2.80. The molecule has 86 valence electrons. The van der Waals surface area contributed by atoms with E-state index in [1.165, 1.54) is 7.05 Å². The number of nitrogens with zero attached hydrogens (tertiary/aromatic N) is 1. The number of hydrogen-bond donors (Lipinski definition) is 1. The lowest BCUT2D eigenvalue weighted by molar-refractivity contribution is -0.137. The number of furan rings is 1. The van der Waals surface area contributed by atoms with Crippen molar-refractivity contribution in [3.8, 4) is 0 Å². The number of nitrogens with one attached hydrogen (secondary N) is 1. The van der Waals surface area contributed by atoms with Crippen LogP contribution < -0.4 is 5.32 Å². The number of hydrogen-bond acceptors (Lipinski definition) is 4. The lowest BCUT2D eigenvalue weighted by Crippen LogP contribution is -2.38. The number of likely N-dealkylation sites (N-methyl/N-ethyl adjacent to an activating group) is 1. The normalized spacial score (nSPS) is 22.9. The Hall–Kier alpha value is -1.62. The molecule has 0 radical (unpaired) electrons. The topological polar surface area (TPSA) is 62.6 Å².